The Morgan fingerprint density at radius 1 is 1.05 bits per heavy atom. The monoisotopic (exact) mass is 288 g/mol. The van der Waals surface area contributed by atoms with Gasteiger partial charge in [0, 0.05) is 12.0 Å². The number of nitrogens with zero attached hydrogens (tertiary/aromatic N) is 1. The molecule has 0 aromatic carbocycles. The Labute approximate surface area is 126 Å². The molecule has 0 spiro atoms. The van der Waals surface area contributed by atoms with E-state index in [4.69, 9.17) is 0 Å². The van der Waals surface area contributed by atoms with E-state index in [1.165, 1.54) is 12.8 Å². The maximum absolute atomic E-state index is 12.6. The van der Waals surface area contributed by atoms with Crippen molar-refractivity contribution in [2.45, 2.75) is 63.8 Å². The molecular formula is C17H24N2O2. The van der Waals surface area contributed by atoms with Gasteiger partial charge in [-0.05, 0) is 43.9 Å². The Morgan fingerprint density at radius 2 is 1.81 bits per heavy atom. The number of amides is 1. The number of carbonyl (C=O) groups excluding carboxylic acids is 2. The molecule has 0 radical (unpaired) electrons. The van der Waals surface area contributed by atoms with Crippen molar-refractivity contribution < 1.29 is 9.59 Å². The Kier molecular flexibility index (Phi) is 4.28. The van der Waals surface area contributed by atoms with Crippen LogP contribution < -0.4 is 5.32 Å². The summed E-state index contributed by atoms with van der Waals surface area (Å²) in [5.41, 5.74) is 0. The third kappa shape index (κ3) is 2.97. The SMILES string of the molecule is N#C[C@@H](C(=O)NC1CCCCC1)C(=O)[C@@H]1C[C@H]2CC[C@H]1C2. The van der Waals surface area contributed by atoms with Gasteiger partial charge in [0.05, 0.1) is 6.07 Å². The molecule has 3 aliphatic rings. The van der Waals surface area contributed by atoms with Gasteiger partial charge in [-0.3, -0.25) is 9.59 Å². The quantitative estimate of drug-likeness (QED) is 0.808. The van der Waals surface area contributed by atoms with Crippen molar-refractivity contribution in [2.24, 2.45) is 23.7 Å². The molecule has 4 heteroatoms. The molecular weight excluding hydrogens is 264 g/mol. The van der Waals surface area contributed by atoms with Crippen LogP contribution in [0.15, 0.2) is 0 Å². The Balaban J connectivity index is 1.60. The van der Waals surface area contributed by atoms with Gasteiger partial charge in [0.2, 0.25) is 5.91 Å². The van der Waals surface area contributed by atoms with Crippen LogP contribution in [0.5, 0.6) is 0 Å². The Morgan fingerprint density at radius 3 is 2.38 bits per heavy atom. The second-order valence-corrected chi connectivity index (χ2v) is 7.09. The summed E-state index contributed by atoms with van der Waals surface area (Å²) in [7, 11) is 0. The molecule has 4 nitrogen and oxygen atoms in total. The molecule has 3 fully saturated rings. The summed E-state index contributed by atoms with van der Waals surface area (Å²) in [5.74, 6) is -0.498. The summed E-state index contributed by atoms with van der Waals surface area (Å²) >= 11 is 0. The van der Waals surface area contributed by atoms with E-state index in [0.717, 1.165) is 44.9 Å². The van der Waals surface area contributed by atoms with Crippen molar-refractivity contribution in [1.29, 1.82) is 5.26 Å². The number of ketones is 1. The number of nitrogens with one attached hydrogen (secondary N) is 1. The van der Waals surface area contributed by atoms with E-state index < -0.39 is 5.92 Å². The van der Waals surface area contributed by atoms with Crippen LogP contribution in [0.2, 0.25) is 0 Å². The van der Waals surface area contributed by atoms with E-state index in [1.54, 1.807) is 0 Å². The fourth-order valence-corrected chi connectivity index (χ4v) is 4.59. The minimum Gasteiger partial charge on any atom is -0.352 e. The van der Waals surface area contributed by atoms with Gasteiger partial charge >= 0.3 is 0 Å². The summed E-state index contributed by atoms with van der Waals surface area (Å²) < 4.78 is 0. The number of Topliss-reactive ketones (excluding diaryl/α,β-unsaturated/α-hetero) is 1. The van der Waals surface area contributed by atoms with E-state index in [-0.39, 0.29) is 23.7 Å². The van der Waals surface area contributed by atoms with Crippen molar-refractivity contribution in [1.82, 2.24) is 5.32 Å². The smallest absolute Gasteiger partial charge is 0.245 e. The predicted octanol–water partition coefficient (Wildman–Crippen LogP) is 2.58. The Hall–Kier alpha value is -1.37. The fraction of sp³-hybridized carbons (Fsp3) is 0.824. The summed E-state index contributed by atoms with van der Waals surface area (Å²) in [6, 6.07) is 2.13. The lowest BCUT2D eigenvalue weighted by atomic mass is 9.81. The zero-order valence-electron chi connectivity index (χ0n) is 12.5. The minimum atomic E-state index is -1.09. The first-order valence-electron chi connectivity index (χ1n) is 8.42. The minimum absolute atomic E-state index is 0.0366. The highest BCUT2D eigenvalue weighted by molar-refractivity contribution is 6.05. The second-order valence-electron chi connectivity index (χ2n) is 7.09. The number of hydrogen-bond acceptors (Lipinski definition) is 3. The van der Waals surface area contributed by atoms with E-state index in [2.05, 4.69) is 5.32 Å². The van der Waals surface area contributed by atoms with Crippen LogP contribution in [0.3, 0.4) is 0 Å². The summed E-state index contributed by atoms with van der Waals surface area (Å²) in [6.45, 7) is 0. The number of nitriles is 1. The molecule has 3 rings (SSSR count). The standard InChI is InChI=1S/C17H24N2O2/c18-10-15(17(21)19-13-4-2-1-3-5-13)16(20)14-9-11-6-7-12(14)8-11/h11-15H,1-9H2,(H,19,21)/t11-,12-,14+,15+/m0/s1. The molecule has 114 valence electrons. The maximum atomic E-state index is 12.6. The van der Waals surface area contributed by atoms with E-state index >= 15 is 0 Å². The van der Waals surface area contributed by atoms with Crippen LogP contribution in [0.1, 0.15) is 57.8 Å². The fourth-order valence-electron chi connectivity index (χ4n) is 4.59. The lowest BCUT2D eigenvalue weighted by Gasteiger charge is -2.25. The van der Waals surface area contributed by atoms with Crippen LogP contribution >= 0.6 is 0 Å². The molecule has 0 aromatic rings. The summed E-state index contributed by atoms with van der Waals surface area (Å²) in [4.78, 5) is 24.9. The molecule has 1 N–H and O–H groups in total. The first-order valence-corrected chi connectivity index (χ1v) is 8.42. The van der Waals surface area contributed by atoms with Crippen LogP contribution in [-0.2, 0) is 9.59 Å². The van der Waals surface area contributed by atoms with Crippen molar-refractivity contribution in [3.8, 4) is 6.07 Å². The highest BCUT2D eigenvalue weighted by Crippen LogP contribution is 2.49. The lowest BCUT2D eigenvalue weighted by molar-refractivity contribution is -0.135. The molecule has 21 heavy (non-hydrogen) atoms. The number of fused-ring (bicyclic) bond motifs is 2. The maximum Gasteiger partial charge on any atom is 0.245 e. The largest absolute Gasteiger partial charge is 0.352 e. The third-order valence-corrected chi connectivity index (χ3v) is 5.73. The van der Waals surface area contributed by atoms with Crippen LogP contribution in [-0.4, -0.2) is 17.7 Å². The van der Waals surface area contributed by atoms with Gasteiger partial charge in [0.15, 0.2) is 11.7 Å². The molecule has 3 saturated carbocycles. The van der Waals surface area contributed by atoms with Crippen molar-refractivity contribution in [2.75, 3.05) is 0 Å². The number of hydrogen-bond donors (Lipinski definition) is 1. The second kappa shape index (κ2) is 6.17. The molecule has 0 aliphatic heterocycles. The Bertz CT molecular complexity index is 462. The van der Waals surface area contributed by atoms with Crippen LogP contribution in [0.4, 0.5) is 0 Å². The van der Waals surface area contributed by atoms with Gasteiger partial charge in [0.1, 0.15) is 0 Å². The molecule has 2 bridgehead atoms. The van der Waals surface area contributed by atoms with Gasteiger partial charge < -0.3 is 5.32 Å². The van der Waals surface area contributed by atoms with Gasteiger partial charge in [-0.1, -0.05) is 25.7 Å². The van der Waals surface area contributed by atoms with Crippen LogP contribution in [0, 0.1) is 35.0 Å². The molecule has 0 heterocycles. The van der Waals surface area contributed by atoms with Gasteiger partial charge in [-0.25, -0.2) is 0 Å². The lowest BCUT2D eigenvalue weighted by Crippen LogP contribution is -2.43. The predicted molar refractivity (Wildman–Crippen MR) is 78.1 cm³/mol. The highest BCUT2D eigenvalue weighted by Gasteiger charge is 2.46. The highest BCUT2D eigenvalue weighted by atomic mass is 16.2. The summed E-state index contributed by atoms with van der Waals surface area (Å²) in [6.07, 6.45) is 9.78. The van der Waals surface area contributed by atoms with E-state index in [9.17, 15) is 14.9 Å². The molecule has 0 aromatic heterocycles. The first kappa shape index (κ1) is 14.6. The topological polar surface area (TPSA) is 70.0 Å². The number of carbonyl (C=O) groups is 2. The van der Waals surface area contributed by atoms with Crippen molar-refractivity contribution in [3.63, 3.8) is 0 Å². The van der Waals surface area contributed by atoms with Crippen molar-refractivity contribution >= 4 is 11.7 Å². The third-order valence-electron chi connectivity index (χ3n) is 5.73. The van der Waals surface area contributed by atoms with Crippen LogP contribution in [0.25, 0.3) is 0 Å². The van der Waals surface area contributed by atoms with Gasteiger partial charge in [0.25, 0.3) is 0 Å². The van der Waals surface area contributed by atoms with Gasteiger partial charge in [-0.2, -0.15) is 5.26 Å². The molecule has 4 atom stereocenters. The molecule has 1 amide bonds. The van der Waals surface area contributed by atoms with E-state index in [1.807, 2.05) is 6.07 Å². The average Bonchev–Trinajstić information content (AvgIpc) is 3.11. The molecule has 0 unspecified atom stereocenters. The molecule has 3 aliphatic carbocycles. The normalized spacial score (nSPS) is 33.4. The summed E-state index contributed by atoms with van der Waals surface area (Å²) in [5, 5.41) is 12.2. The zero-order valence-corrected chi connectivity index (χ0v) is 12.5. The average molecular weight is 288 g/mol. The first-order chi connectivity index (χ1) is 10.2. The van der Waals surface area contributed by atoms with Crippen molar-refractivity contribution in [3.05, 3.63) is 0 Å². The number of rotatable bonds is 4. The van der Waals surface area contributed by atoms with E-state index in [0.29, 0.717) is 11.8 Å². The zero-order chi connectivity index (χ0) is 14.8. The molecule has 0 saturated heterocycles. The van der Waals surface area contributed by atoms with Gasteiger partial charge in [-0.15, -0.1) is 0 Å².